The second-order valence-electron chi connectivity index (χ2n) is 7.44. The Morgan fingerprint density at radius 2 is 1.73 bits per heavy atom. The van der Waals surface area contributed by atoms with Gasteiger partial charge >= 0.3 is 12.1 Å². The van der Waals surface area contributed by atoms with Gasteiger partial charge < -0.3 is 19.7 Å². The average Bonchev–Trinajstić information content (AvgIpc) is 3.23. The summed E-state index contributed by atoms with van der Waals surface area (Å²) in [6.07, 6.45) is 0.696. The number of amides is 1. The van der Waals surface area contributed by atoms with Crippen molar-refractivity contribution >= 4 is 12.1 Å². The summed E-state index contributed by atoms with van der Waals surface area (Å²) in [5, 5.41) is 11.9. The topological polar surface area (TPSA) is 93.4 Å². The van der Waals surface area contributed by atoms with Gasteiger partial charge in [0, 0.05) is 24.9 Å². The minimum atomic E-state index is -1.03. The van der Waals surface area contributed by atoms with Crippen LogP contribution in [0.3, 0.4) is 0 Å². The Balaban J connectivity index is 1.49. The summed E-state index contributed by atoms with van der Waals surface area (Å²) in [5.74, 6) is -0.612. The predicted molar refractivity (Wildman–Crippen MR) is 111 cm³/mol. The fourth-order valence-corrected chi connectivity index (χ4v) is 4.00. The number of alkyl carbamates (subject to hydrolysis) is 1. The number of carboxylic acid groups (broad SMARTS) is 1. The SMILES string of the molecule is Cc1cnc(C(CC(=O)O)NC(=O)OCC2c3ccccc3-c3ccccc32)n1C. The van der Waals surface area contributed by atoms with Gasteiger partial charge in [-0.25, -0.2) is 9.78 Å². The molecular weight excluding hydrogens is 382 g/mol. The highest BCUT2D eigenvalue weighted by atomic mass is 16.5. The lowest BCUT2D eigenvalue weighted by atomic mass is 9.98. The third-order valence-corrected chi connectivity index (χ3v) is 5.58. The van der Waals surface area contributed by atoms with E-state index in [1.807, 2.05) is 43.3 Å². The minimum absolute atomic E-state index is 0.0588. The molecule has 0 spiro atoms. The fraction of sp³-hybridized carbons (Fsp3) is 0.261. The minimum Gasteiger partial charge on any atom is -0.481 e. The number of nitrogens with zero attached hydrogens (tertiary/aromatic N) is 2. The van der Waals surface area contributed by atoms with E-state index >= 15 is 0 Å². The zero-order valence-corrected chi connectivity index (χ0v) is 16.8. The zero-order chi connectivity index (χ0) is 21.3. The highest BCUT2D eigenvalue weighted by Gasteiger charge is 2.30. The third kappa shape index (κ3) is 3.66. The molecule has 30 heavy (non-hydrogen) atoms. The Morgan fingerprint density at radius 3 is 2.27 bits per heavy atom. The number of aryl methyl sites for hydroxylation is 1. The Hall–Kier alpha value is -3.61. The van der Waals surface area contributed by atoms with Crippen molar-refractivity contribution in [3.63, 3.8) is 0 Å². The average molecular weight is 405 g/mol. The van der Waals surface area contributed by atoms with Gasteiger partial charge in [0.15, 0.2) is 0 Å². The van der Waals surface area contributed by atoms with Crippen LogP contribution in [-0.2, 0) is 16.6 Å². The molecule has 0 saturated heterocycles. The molecule has 7 nitrogen and oxygen atoms in total. The second-order valence-corrected chi connectivity index (χ2v) is 7.44. The molecule has 3 aromatic rings. The molecule has 7 heteroatoms. The molecular formula is C23H23N3O4. The molecule has 2 aromatic carbocycles. The van der Waals surface area contributed by atoms with Crippen molar-refractivity contribution in [2.24, 2.45) is 7.05 Å². The lowest BCUT2D eigenvalue weighted by Gasteiger charge is -2.19. The Morgan fingerprint density at radius 1 is 1.13 bits per heavy atom. The van der Waals surface area contributed by atoms with Crippen LogP contribution in [-0.4, -0.2) is 33.3 Å². The molecule has 4 rings (SSSR count). The molecule has 1 atom stereocenters. The molecule has 1 aromatic heterocycles. The van der Waals surface area contributed by atoms with E-state index in [0.717, 1.165) is 27.9 Å². The molecule has 154 valence electrons. The molecule has 1 heterocycles. The molecule has 0 fully saturated rings. The van der Waals surface area contributed by atoms with Crippen molar-refractivity contribution < 1.29 is 19.4 Å². The molecule has 1 amide bonds. The molecule has 2 N–H and O–H groups in total. The maximum Gasteiger partial charge on any atom is 0.407 e. The monoisotopic (exact) mass is 405 g/mol. The number of aliphatic carboxylic acids is 1. The molecule has 0 radical (unpaired) electrons. The van der Waals surface area contributed by atoms with Crippen molar-refractivity contribution in [3.8, 4) is 11.1 Å². The van der Waals surface area contributed by atoms with Crippen LogP contribution in [0.1, 0.15) is 41.0 Å². The first-order valence-electron chi connectivity index (χ1n) is 9.77. The normalized spacial score (nSPS) is 13.4. The summed E-state index contributed by atoms with van der Waals surface area (Å²) in [6, 6.07) is 15.4. The van der Waals surface area contributed by atoms with Gasteiger partial charge in [-0.05, 0) is 29.2 Å². The van der Waals surface area contributed by atoms with E-state index in [1.54, 1.807) is 17.8 Å². The van der Waals surface area contributed by atoms with E-state index in [2.05, 4.69) is 22.4 Å². The number of carboxylic acids is 1. The number of nitrogens with one attached hydrogen (secondary N) is 1. The molecule has 0 aliphatic heterocycles. The van der Waals surface area contributed by atoms with Gasteiger partial charge in [0.2, 0.25) is 0 Å². The van der Waals surface area contributed by atoms with Gasteiger partial charge in [0.1, 0.15) is 18.5 Å². The van der Waals surface area contributed by atoms with Crippen molar-refractivity contribution in [2.75, 3.05) is 6.61 Å². The van der Waals surface area contributed by atoms with Gasteiger partial charge in [0.25, 0.3) is 0 Å². The first-order valence-corrected chi connectivity index (χ1v) is 9.77. The predicted octanol–water partition coefficient (Wildman–Crippen LogP) is 3.78. The quantitative estimate of drug-likeness (QED) is 0.651. The Labute approximate surface area is 174 Å². The number of hydrogen-bond donors (Lipinski definition) is 2. The highest BCUT2D eigenvalue weighted by Crippen LogP contribution is 2.44. The maximum absolute atomic E-state index is 12.5. The lowest BCUT2D eigenvalue weighted by Crippen LogP contribution is -2.33. The van der Waals surface area contributed by atoms with Crippen molar-refractivity contribution in [1.29, 1.82) is 0 Å². The van der Waals surface area contributed by atoms with Crippen LogP contribution < -0.4 is 5.32 Å². The van der Waals surface area contributed by atoms with E-state index in [-0.39, 0.29) is 18.9 Å². The number of carbonyl (C=O) groups is 2. The van der Waals surface area contributed by atoms with E-state index in [9.17, 15) is 14.7 Å². The summed E-state index contributed by atoms with van der Waals surface area (Å²) in [7, 11) is 1.78. The first-order chi connectivity index (χ1) is 14.5. The van der Waals surface area contributed by atoms with Crippen LogP contribution in [0.15, 0.2) is 54.7 Å². The number of rotatable bonds is 6. The number of benzene rings is 2. The molecule has 1 aliphatic carbocycles. The van der Waals surface area contributed by atoms with E-state index in [4.69, 9.17) is 4.74 Å². The second kappa shape index (κ2) is 8.02. The summed E-state index contributed by atoms with van der Waals surface area (Å²) in [4.78, 5) is 28.1. The van der Waals surface area contributed by atoms with Crippen LogP contribution in [0.2, 0.25) is 0 Å². The van der Waals surface area contributed by atoms with Gasteiger partial charge in [0.05, 0.1) is 6.42 Å². The largest absolute Gasteiger partial charge is 0.481 e. The third-order valence-electron chi connectivity index (χ3n) is 5.58. The number of hydrogen-bond acceptors (Lipinski definition) is 4. The van der Waals surface area contributed by atoms with Crippen molar-refractivity contribution in [2.45, 2.75) is 25.3 Å². The number of carbonyl (C=O) groups excluding carboxylic acids is 1. The zero-order valence-electron chi connectivity index (χ0n) is 16.8. The smallest absolute Gasteiger partial charge is 0.407 e. The molecule has 0 bridgehead atoms. The highest BCUT2D eigenvalue weighted by molar-refractivity contribution is 5.79. The van der Waals surface area contributed by atoms with Gasteiger partial charge in [-0.2, -0.15) is 0 Å². The summed E-state index contributed by atoms with van der Waals surface area (Å²) in [6.45, 7) is 2.03. The number of ether oxygens (including phenoxy) is 1. The molecule has 1 aliphatic rings. The fourth-order valence-electron chi connectivity index (χ4n) is 4.00. The number of fused-ring (bicyclic) bond motifs is 3. The van der Waals surface area contributed by atoms with E-state index < -0.39 is 18.1 Å². The summed E-state index contributed by atoms with van der Waals surface area (Å²) in [5.41, 5.74) is 5.40. The summed E-state index contributed by atoms with van der Waals surface area (Å²) < 4.78 is 7.30. The first kappa shape index (κ1) is 19.7. The van der Waals surface area contributed by atoms with Crippen LogP contribution in [0.25, 0.3) is 11.1 Å². The number of aromatic nitrogens is 2. The van der Waals surface area contributed by atoms with Crippen LogP contribution >= 0.6 is 0 Å². The standard InChI is InChI=1S/C23H23N3O4/c1-14-12-24-22(26(14)2)20(11-21(27)28)25-23(29)30-13-19-17-9-5-3-7-15(17)16-8-4-6-10-18(16)19/h3-10,12,19-20H,11,13H2,1-2H3,(H,25,29)(H,27,28). The van der Waals surface area contributed by atoms with Crippen LogP contribution in [0.5, 0.6) is 0 Å². The van der Waals surface area contributed by atoms with Crippen molar-refractivity contribution in [3.05, 3.63) is 77.4 Å². The van der Waals surface area contributed by atoms with Crippen molar-refractivity contribution in [1.82, 2.24) is 14.9 Å². The van der Waals surface area contributed by atoms with E-state index in [1.165, 1.54) is 0 Å². The molecule has 0 saturated carbocycles. The van der Waals surface area contributed by atoms with Gasteiger partial charge in [-0.1, -0.05) is 48.5 Å². The van der Waals surface area contributed by atoms with Crippen LogP contribution in [0.4, 0.5) is 4.79 Å². The Bertz CT molecular complexity index is 1060. The maximum atomic E-state index is 12.5. The summed E-state index contributed by atoms with van der Waals surface area (Å²) >= 11 is 0. The van der Waals surface area contributed by atoms with Gasteiger partial charge in [-0.15, -0.1) is 0 Å². The number of imidazole rings is 1. The van der Waals surface area contributed by atoms with E-state index in [0.29, 0.717) is 5.82 Å². The van der Waals surface area contributed by atoms with Gasteiger partial charge in [-0.3, -0.25) is 4.79 Å². The molecule has 1 unspecified atom stereocenters. The lowest BCUT2D eigenvalue weighted by molar-refractivity contribution is -0.137. The van der Waals surface area contributed by atoms with Crippen LogP contribution in [0, 0.1) is 6.92 Å². The Kier molecular flexibility index (Phi) is 5.27.